The fourth-order valence-corrected chi connectivity index (χ4v) is 2.63. The lowest BCUT2D eigenvalue weighted by molar-refractivity contribution is 0.600. The SMILES string of the molecule is CN=C(NCCS(C)(=O)=O)NCc1ccc(C)s1.I. The van der Waals surface area contributed by atoms with Crippen LogP contribution in [0.5, 0.6) is 0 Å². The average molecular weight is 417 g/mol. The van der Waals surface area contributed by atoms with Crippen molar-refractivity contribution >= 4 is 51.1 Å². The maximum Gasteiger partial charge on any atom is 0.191 e. The van der Waals surface area contributed by atoms with Gasteiger partial charge in [-0.15, -0.1) is 35.3 Å². The molecule has 0 amide bonds. The molecule has 0 radical (unpaired) electrons. The van der Waals surface area contributed by atoms with Gasteiger partial charge in [0.25, 0.3) is 0 Å². The van der Waals surface area contributed by atoms with Crippen molar-refractivity contribution in [3.8, 4) is 0 Å². The van der Waals surface area contributed by atoms with Crippen LogP contribution < -0.4 is 10.6 Å². The third-order valence-electron chi connectivity index (χ3n) is 2.21. The molecule has 1 heterocycles. The Labute approximate surface area is 135 Å². The van der Waals surface area contributed by atoms with Crippen LogP contribution in [-0.2, 0) is 16.4 Å². The average Bonchev–Trinajstić information content (AvgIpc) is 2.67. The van der Waals surface area contributed by atoms with Crippen LogP contribution in [0.3, 0.4) is 0 Å². The van der Waals surface area contributed by atoms with Crippen LogP contribution in [0.1, 0.15) is 9.75 Å². The molecule has 19 heavy (non-hydrogen) atoms. The zero-order valence-corrected chi connectivity index (χ0v) is 15.2. The van der Waals surface area contributed by atoms with Gasteiger partial charge in [-0.2, -0.15) is 0 Å². The molecule has 1 aromatic rings. The van der Waals surface area contributed by atoms with E-state index in [-0.39, 0.29) is 29.7 Å². The largest absolute Gasteiger partial charge is 0.355 e. The lowest BCUT2D eigenvalue weighted by Gasteiger charge is -2.10. The van der Waals surface area contributed by atoms with Crippen molar-refractivity contribution in [3.05, 3.63) is 21.9 Å². The van der Waals surface area contributed by atoms with Gasteiger partial charge < -0.3 is 10.6 Å². The van der Waals surface area contributed by atoms with E-state index < -0.39 is 9.84 Å². The standard InChI is InChI=1S/C11H19N3O2S2.HI/c1-9-4-5-10(17-9)8-14-11(12-2)13-6-7-18(3,15)16;/h4-5H,6-8H2,1-3H3,(H2,12,13,14);1H. The Hall–Kier alpha value is -0.350. The molecule has 0 saturated carbocycles. The number of hydrogen-bond acceptors (Lipinski definition) is 4. The Morgan fingerprint density at radius 2 is 2.05 bits per heavy atom. The summed E-state index contributed by atoms with van der Waals surface area (Å²) in [7, 11) is -1.27. The monoisotopic (exact) mass is 417 g/mol. The smallest absolute Gasteiger partial charge is 0.191 e. The summed E-state index contributed by atoms with van der Waals surface area (Å²) in [6.45, 7) is 3.12. The van der Waals surface area contributed by atoms with E-state index in [4.69, 9.17) is 0 Å². The molecule has 0 aliphatic rings. The third-order valence-corrected chi connectivity index (χ3v) is 4.16. The first-order valence-electron chi connectivity index (χ1n) is 5.58. The summed E-state index contributed by atoms with van der Waals surface area (Å²) >= 11 is 1.73. The van der Waals surface area contributed by atoms with Crippen LogP contribution >= 0.6 is 35.3 Å². The second kappa shape index (κ2) is 8.75. The minimum atomic E-state index is -2.94. The van der Waals surface area contributed by atoms with Crippen LogP contribution in [0, 0.1) is 6.92 Å². The van der Waals surface area contributed by atoms with Crippen LogP contribution in [-0.4, -0.2) is 40.0 Å². The molecule has 0 aliphatic heterocycles. The Morgan fingerprint density at radius 3 is 2.53 bits per heavy atom. The number of guanidine groups is 1. The van der Waals surface area contributed by atoms with E-state index in [0.717, 1.165) is 0 Å². The zero-order valence-electron chi connectivity index (χ0n) is 11.3. The number of nitrogens with zero attached hydrogens (tertiary/aromatic N) is 1. The van der Waals surface area contributed by atoms with Gasteiger partial charge in [0.1, 0.15) is 9.84 Å². The second-order valence-corrected chi connectivity index (χ2v) is 7.63. The summed E-state index contributed by atoms with van der Waals surface area (Å²) in [5.41, 5.74) is 0. The summed E-state index contributed by atoms with van der Waals surface area (Å²) in [6.07, 6.45) is 1.22. The van der Waals surface area contributed by atoms with Crippen molar-refractivity contribution in [1.82, 2.24) is 10.6 Å². The van der Waals surface area contributed by atoms with Gasteiger partial charge in [-0.1, -0.05) is 0 Å². The molecular formula is C11H20IN3O2S2. The van der Waals surface area contributed by atoms with E-state index >= 15 is 0 Å². The highest BCUT2D eigenvalue weighted by molar-refractivity contribution is 14.0. The fourth-order valence-electron chi connectivity index (χ4n) is 1.33. The summed E-state index contributed by atoms with van der Waals surface area (Å²) in [6, 6.07) is 4.14. The van der Waals surface area contributed by atoms with Crippen LogP contribution in [0.4, 0.5) is 0 Å². The molecular weight excluding hydrogens is 397 g/mol. The first kappa shape index (κ1) is 18.7. The summed E-state index contributed by atoms with van der Waals surface area (Å²) in [5, 5.41) is 6.11. The Bertz CT molecular complexity index is 512. The highest BCUT2D eigenvalue weighted by Crippen LogP contribution is 2.14. The Morgan fingerprint density at radius 1 is 1.37 bits per heavy atom. The summed E-state index contributed by atoms with van der Waals surface area (Å²) in [5.74, 6) is 0.718. The predicted octanol–water partition coefficient (Wildman–Crippen LogP) is 1.38. The molecule has 0 bridgehead atoms. The number of aryl methyl sites for hydroxylation is 1. The maximum absolute atomic E-state index is 11.0. The number of hydrogen-bond donors (Lipinski definition) is 2. The zero-order chi connectivity index (χ0) is 13.6. The van der Waals surface area contributed by atoms with Crippen LogP contribution in [0.25, 0.3) is 0 Å². The van der Waals surface area contributed by atoms with Gasteiger partial charge in [0.2, 0.25) is 0 Å². The van der Waals surface area contributed by atoms with Gasteiger partial charge in [-0.3, -0.25) is 4.99 Å². The van der Waals surface area contributed by atoms with E-state index in [0.29, 0.717) is 19.0 Å². The van der Waals surface area contributed by atoms with Crippen molar-refractivity contribution in [2.75, 3.05) is 25.6 Å². The maximum atomic E-state index is 11.0. The van der Waals surface area contributed by atoms with E-state index in [1.54, 1.807) is 18.4 Å². The van der Waals surface area contributed by atoms with Gasteiger partial charge in [-0.05, 0) is 19.1 Å². The number of nitrogens with one attached hydrogen (secondary N) is 2. The molecule has 0 spiro atoms. The van der Waals surface area contributed by atoms with Crippen molar-refractivity contribution in [3.63, 3.8) is 0 Å². The first-order valence-corrected chi connectivity index (χ1v) is 8.46. The highest BCUT2D eigenvalue weighted by Gasteiger charge is 2.03. The number of sulfone groups is 1. The number of halogens is 1. The minimum Gasteiger partial charge on any atom is -0.355 e. The van der Waals surface area contributed by atoms with Gasteiger partial charge in [0, 0.05) is 29.6 Å². The van der Waals surface area contributed by atoms with Gasteiger partial charge in [0.15, 0.2) is 5.96 Å². The molecule has 0 unspecified atom stereocenters. The Balaban J connectivity index is 0.00000324. The van der Waals surface area contributed by atoms with Crippen LogP contribution in [0.2, 0.25) is 0 Å². The minimum absolute atomic E-state index is 0. The van der Waals surface area contributed by atoms with Gasteiger partial charge in [-0.25, -0.2) is 8.42 Å². The van der Waals surface area contributed by atoms with Crippen LogP contribution in [0.15, 0.2) is 17.1 Å². The lowest BCUT2D eigenvalue weighted by Crippen LogP contribution is -2.38. The normalized spacial score (nSPS) is 11.8. The molecule has 1 aromatic heterocycles. The molecule has 1 rings (SSSR count). The first-order chi connectivity index (χ1) is 8.40. The predicted molar refractivity (Wildman–Crippen MR) is 92.4 cm³/mol. The van der Waals surface area contributed by atoms with E-state index in [2.05, 4.69) is 34.7 Å². The van der Waals surface area contributed by atoms with E-state index in [1.165, 1.54) is 16.0 Å². The molecule has 0 atom stereocenters. The molecule has 5 nitrogen and oxygen atoms in total. The van der Waals surface area contributed by atoms with Crippen molar-refractivity contribution in [1.29, 1.82) is 0 Å². The molecule has 8 heteroatoms. The molecule has 110 valence electrons. The van der Waals surface area contributed by atoms with Gasteiger partial charge in [0.05, 0.1) is 12.3 Å². The number of rotatable bonds is 5. The number of thiophene rings is 1. The van der Waals surface area contributed by atoms with E-state index in [1.807, 2.05) is 0 Å². The molecule has 0 saturated heterocycles. The summed E-state index contributed by atoms with van der Waals surface area (Å²) < 4.78 is 22.0. The van der Waals surface area contributed by atoms with E-state index in [9.17, 15) is 8.42 Å². The third kappa shape index (κ3) is 8.43. The fraction of sp³-hybridized carbons (Fsp3) is 0.545. The van der Waals surface area contributed by atoms with Gasteiger partial charge >= 0.3 is 0 Å². The molecule has 0 aromatic carbocycles. The van der Waals surface area contributed by atoms with Crippen molar-refractivity contribution < 1.29 is 8.42 Å². The Kier molecular flexibility index (Phi) is 8.59. The highest BCUT2D eigenvalue weighted by atomic mass is 127. The lowest BCUT2D eigenvalue weighted by atomic mass is 10.4. The quantitative estimate of drug-likeness (QED) is 0.432. The number of aliphatic imine (C=N–C) groups is 1. The topological polar surface area (TPSA) is 70.6 Å². The van der Waals surface area contributed by atoms with Crippen molar-refractivity contribution in [2.45, 2.75) is 13.5 Å². The molecule has 0 aliphatic carbocycles. The molecule has 2 N–H and O–H groups in total. The second-order valence-electron chi connectivity index (χ2n) is 3.99. The molecule has 0 fully saturated rings. The summed E-state index contributed by atoms with van der Waals surface area (Å²) in [4.78, 5) is 6.52. The van der Waals surface area contributed by atoms with Crippen molar-refractivity contribution in [2.24, 2.45) is 4.99 Å².